The highest BCUT2D eigenvalue weighted by Crippen LogP contribution is 2.46. The van der Waals surface area contributed by atoms with E-state index in [1.807, 2.05) is 44.2 Å². The Balaban J connectivity index is 2.21. The molecular weight excluding hydrogens is 354 g/mol. The molecule has 0 aliphatic carbocycles. The van der Waals surface area contributed by atoms with Crippen LogP contribution in [-0.4, -0.2) is 44.4 Å². The highest BCUT2D eigenvalue weighted by atomic mass is 16.5. The standard InChI is InChI=1S/C23H31NO4/c1-15(2)28-19-10-8-9-18(22-24(5)23(3,4)14-27-22)21(19)17-12-11-16(25-6)13-20(17)26-7/h8-13,15,22H,14H2,1-7H3. The zero-order valence-corrected chi connectivity index (χ0v) is 17.9. The Kier molecular flexibility index (Phi) is 5.87. The van der Waals surface area contributed by atoms with Crippen LogP contribution in [0.5, 0.6) is 17.2 Å². The number of likely N-dealkylation sites (N-methyl/N-ethyl adjacent to an activating group) is 1. The number of methoxy groups -OCH3 is 2. The SMILES string of the molecule is COc1ccc(-c2c(OC(C)C)cccc2C2OCC(C)(C)N2C)c(OC)c1. The van der Waals surface area contributed by atoms with E-state index in [0.29, 0.717) is 6.61 Å². The molecule has 152 valence electrons. The van der Waals surface area contributed by atoms with Gasteiger partial charge in [-0.2, -0.15) is 0 Å². The van der Waals surface area contributed by atoms with E-state index >= 15 is 0 Å². The average Bonchev–Trinajstić information content (AvgIpc) is 2.93. The number of rotatable bonds is 6. The number of nitrogens with zero attached hydrogens (tertiary/aromatic N) is 1. The number of benzene rings is 2. The predicted molar refractivity (Wildman–Crippen MR) is 111 cm³/mol. The van der Waals surface area contributed by atoms with E-state index in [1.165, 1.54) is 0 Å². The molecule has 0 radical (unpaired) electrons. The quantitative estimate of drug-likeness (QED) is 0.707. The van der Waals surface area contributed by atoms with E-state index < -0.39 is 0 Å². The zero-order chi connectivity index (χ0) is 20.5. The molecule has 5 heteroatoms. The first kappa shape index (κ1) is 20.5. The summed E-state index contributed by atoms with van der Waals surface area (Å²) in [6.45, 7) is 9.11. The third kappa shape index (κ3) is 3.82. The van der Waals surface area contributed by atoms with Gasteiger partial charge in [-0.1, -0.05) is 12.1 Å². The molecule has 1 aliphatic heterocycles. The molecule has 0 saturated carbocycles. The van der Waals surface area contributed by atoms with Gasteiger partial charge in [-0.25, -0.2) is 0 Å². The molecule has 3 rings (SSSR count). The van der Waals surface area contributed by atoms with Crippen molar-refractivity contribution in [3.8, 4) is 28.4 Å². The molecule has 1 unspecified atom stereocenters. The third-order valence-electron chi connectivity index (χ3n) is 5.27. The van der Waals surface area contributed by atoms with Gasteiger partial charge in [0.25, 0.3) is 0 Å². The minimum Gasteiger partial charge on any atom is -0.497 e. The molecule has 1 saturated heterocycles. The fraction of sp³-hybridized carbons (Fsp3) is 0.478. The lowest BCUT2D eigenvalue weighted by Gasteiger charge is -2.31. The fourth-order valence-corrected chi connectivity index (χ4v) is 3.51. The summed E-state index contributed by atoms with van der Waals surface area (Å²) in [6, 6.07) is 12.0. The van der Waals surface area contributed by atoms with Crippen molar-refractivity contribution in [3.05, 3.63) is 42.0 Å². The molecule has 1 fully saturated rings. The highest BCUT2D eigenvalue weighted by Gasteiger charge is 2.40. The van der Waals surface area contributed by atoms with Gasteiger partial charge in [0, 0.05) is 28.3 Å². The predicted octanol–water partition coefficient (Wildman–Crippen LogP) is 4.90. The summed E-state index contributed by atoms with van der Waals surface area (Å²) >= 11 is 0. The van der Waals surface area contributed by atoms with Crippen LogP contribution in [0.1, 0.15) is 39.5 Å². The van der Waals surface area contributed by atoms with Gasteiger partial charge in [-0.3, -0.25) is 4.90 Å². The van der Waals surface area contributed by atoms with E-state index in [0.717, 1.165) is 33.9 Å². The lowest BCUT2D eigenvalue weighted by molar-refractivity contribution is 0.0401. The Morgan fingerprint density at radius 3 is 2.39 bits per heavy atom. The monoisotopic (exact) mass is 385 g/mol. The van der Waals surface area contributed by atoms with E-state index in [4.69, 9.17) is 18.9 Å². The lowest BCUT2D eigenvalue weighted by Crippen LogP contribution is -2.38. The zero-order valence-electron chi connectivity index (χ0n) is 17.9. The summed E-state index contributed by atoms with van der Waals surface area (Å²) in [6.07, 6.45) is -0.107. The molecule has 1 heterocycles. The fourth-order valence-electron chi connectivity index (χ4n) is 3.51. The maximum atomic E-state index is 6.21. The second kappa shape index (κ2) is 8.02. The molecule has 1 atom stereocenters. The first-order chi connectivity index (χ1) is 13.3. The minimum atomic E-state index is -0.160. The van der Waals surface area contributed by atoms with Crippen LogP contribution in [-0.2, 0) is 4.74 Å². The van der Waals surface area contributed by atoms with Crippen molar-refractivity contribution in [1.82, 2.24) is 4.90 Å². The number of hydrogen-bond donors (Lipinski definition) is 0. The molecule has 0 amide bonds. The van der Waals surface area contributed by atoms with Gasteiger partial charge >= 0.3 is 0 Å². The highest BCUT2D eigenvalue weighted by molar-refractivity contribution is 5.80. The molecule has 2 aromatic rings. The van der Waals surface area contributed by atoms with Gasteiger partial charge in [0.05, 0.1) is 26.9 Å². The second-order valence-corrected chi connectivity index (χ2v) is 8.04. The molecule has 0 aromatic heterocycles. The third-order valence-corrected chi connectivity index (χ3v) is 5.27. The van der Waals surface area contributed by atoms with Gasteiger partial charge in [-0.05, 0) is 52.9 Å². The van der Waals surface area contributed by atoms with Crippen LogP contribution in [0.3, 0.4) is 0 Å². The van der Waals surface area contributed by atoms with Crippen LogP contribution in [0, 0.1) is 0 Å². The van der Waals surface area contributed by atoms with Gasteiger partial charge in [-0.15, -0.1) is 0 Å². The Morgan fingerprint density at radius 2 is 1.82 bits per heavy atom. The summed E-state index contributed by atoms with van der Waals surface area (Å²) in [5, 5.41) is 0. The molecule has 2 aromatic carbocycles. The lowest BCUT2D eigenvalue weighted by atomic mass is 9.95. The molecule has 1 aliphatic rings. The van der Waals surface area contributed by atoms with Gasteiger partial charge in [0.2, 0.25) is 0 Å². The molecule has 0 N–H and O–H groups in total. The van der Waals surface area contributed by atoms with Crippen molar-refractivity contribution in [2.75, 3.05) is 27.9 Å². The minimum absolute atomic E-state index is 0.0408. The summed E-state index contributed by atoms with van der Waals surface area (Å²) < 4.78 is 23.5. The van der Waals surface area contributed by atoms with Crippen LogP contribution < -0.4 is 14.2 Å². The van der Waals surface area contributed by atoms with Crippen molar-refractivity contribution in [2.24, 2.45) is 0 Å². The van der Waals surface area contributed by atoms with Crippen molar-refractivity contribution >= 4 is 0 Å². The van der Waals surface area contributed by atoms with Gasteiger partial charge in [0.1, 0.15) is 23.5 Å². The van der Waals surface area contributed by atoms with Crippen LogP contribution in [0.15, 0.2) is 36.4 Å². The molecule has 5 nitrogen and oxygen atoms in total. The summed E-state index contributed by atoms with van der Waals surface area (Å²) in [5.41, 5.74) is 2.97. The maximum Gasteiger partial charge on any atom is 0.137 e. The van der Waals surface area contributed by atoms with Crippen molar-refractivity contribution in [3.63, 3.8) is 0 Å². The van der Waals surface area contributed by atoms with Crippen LogP contribution in [0.2, 0.25) is 0 Å². The van der Waals surface area contributed by atoms with E-state index in [2.05, 4.69) is 31.9 Å². The molecular formula is C23H31NO4. The Bertz CT molecular complexity index is 831. The van der Waals surface area contributed by atoms with E-state index in [-0.39, 0.29) is 17.9 Å². The summed E-state index contributed by atoms with van der Waals surface area (Å²) in [5.74, 6) is 2.30. The largest absolute Gasteiger partial charge is 0.497 e. The van der Waals surface area contributed by atoms with Crippen molar-refractivity contribution < 1.29 is 18.9 Å². The first-order valence-corrected chi connectivity index (χ1v) is 9.65. The molecule has 0 bridgehead atoms. The molecule has 28 heavy (non-hydrogen) atoms. The van der Waals surface area contributed by atoms with Crippen LogP contribution in [0.4, 0.5) is 0 Å². The smallest absolute Gasteiger partial charge is 0.137 e. The Hall–Kier alpha value is -2.24. The maximum absolute atomic E-state index is 6.21. The Labute approximate surface area is 168 Å². The topological polar surface area (TPSA) is 40.2 Å². The normalized spacial score (nSPS) is 19.1. The van der Waals surface area contributed by atoms with Crippen LogP contribution >= 0.6 is 0 Å². The van der Waals surface area contributed by atoms with Crippen molar-refractivity contribution in [1.29, 1.82) is 0 Å². The van der Waals surface area contributed by atoms with Crippen molar-refractivity contribution in [2.45, 2.75) is 45.6 Å². The summed E-state index contributed by atoms with van der Waals surface area (Å²) in [7, 11) is 5.42. The second-order valence-electron chi connectivity index (χ2n) is 8.04. The Morgan fingerprint density at radius 1 is 1.07 bits per heavy atom. The number of hydrogen-bond acceptors (Lipinski definition) is 5. The van der Waals surface area contributed by atoms with Gasteiger partial charge in [0.15, 0.2) is 0 Å². The summed E-state index contributed by atoms with van der Waals surface area (Å²) in [4.78, 5) is 2.26. The van der Waals surface area contributed by atoms with E-state index in [1.54, 1.807) is 14.2 Å². The van der Waals surface area contributed by atoms with Gasteiger partial charge < -0.3 is 18.9 Å². The van der Waals surface area contributed by atoms with Crippen LogP contribution in [0.25, 0.3) is 11.1 Å². The molecule has 0 spiro atoms. The first-order valence-electron chi connectivity index (χ1n) is 9.65. The average molecular weight is 386 g/mol. The van der Waals surface area contributed by atoms with E-state index in [9.17, 15) is 0 Å². The number of ether oxygens (including phenoxy) is 4.